The lowest BCUT2D eigenvalue weighted by Crippen LogP contribution is -2.46. The van der Waals surface area contributed by atoms with Gasteiger partial charge in [0.15, 0.2) is 0 Å². The quantitative estimate of drug-likeness (QED) is 0.643. The van der Waals surface area contributed by atoms with Crippen LogP contribution in [0.4, 0.5) is 11.4 Å². The summed E-state index contributed by atoms with van der Waals surface area (Å²) in [5.41, 5.74) is 4.95. The predicted molar refractivity (Wildman–Crippen MR) is 126 cm³/mol. The Hall–Kier alpha value is -2.70. The summed E-state index contributed by atoms with van der Waals surface area (Å²) in [4.78, 5) is 23.1. The Morgan fingerprint density at radius 3 is 2.47 bits per heavy atom. The van der Waals surface area contributed by atoms with E-state index in [1.807, 2.05) is 43.3 Å². The van der Waals surface area contributed by atoms with Gasteiger partial charge in [-0.3, -0.25) is 4.79 Å². The van der Waals surface area contributed by atoms with Crippen molar-refractivity contribution in [2.24, 2.45) is 0 Å². The number of carbonyl (C=O) groups is 1. The first-order valence-electron chi connectivity index (χ1n) is 10.5. The van der Waals surface area contributed by atoms with Crippen LogP contribution in [-0.4, -0.2) is 48.5 Å². The lowest BCUT2D eigenvalue weighted by Gasteiger charge is -2.35. The molecule has 3 aromatic rings. The van der Waals surface area contributed by atoms with Crippen LogP contribution in [0.25, 0.3) is 10.6 Å². The van der Waals surface area contributed by atoms with Crippen molar-refractivity contribution in [1.82, 2.24) is 9.88 Å². The fourth-order valence-electron chi connectivity index (χ4n) is 3.80. The summed E-state index contributed by atoms with van der Waals surface area (Å²) in [6.07, 6.45) is 0. The van der Waals surface area contributed by atoms with E-state index in [0.29, 0.717) is 4.88 Å². The van der Waals surface area contributed by atoms with Gasteiger partial charge in [0.1, 0.15) is 9.88 Å². The van der Waals surface area contributed by atoms with E-state index < -0.39 is 0 Å². The molecule has 6 heteroatoms. The Balaban J connectivity index is 1.47. The maximum Gasteiger partial charge on any atom is 0.267 e. The van der Waals surface area contributed by atoms with Crippen molar-refractivity contribution < 1.29 is 4.79 Å². The highest BCUT2D eigenvalue weighted by Crippen LogP contribution is 2.29. The summed E-state index contributed by atoms with van der Waals surface area (Å²) in [6.45, 7) is 11.6. The van der Waals surface area contributed by atoms with E-state index in [-0.39, 0.29) is 5.91 Å². The largest absolute Gasteiger partial charge is 0.369 e. The van der Waals surface area contributed by atoms with Gasteiger partial charge in [0, 0.05) is 43.1 Å². The highest BCUT2D eigenvalue weighted by atomic mass is 32.1. The van der Waals surface area contributed by atoms with Crippen molar-refractivity contribution in [3.63, 3.8) is 0 Å². The second-order valence-electron chi connectivity index (χ2n) is 7.67. The molecule has 0 bridgehead atoms. The molecule has 0 spiro atoms. The van der Waals surface area contributed by atoms with Crippen LogP contribution in [0.1, 0.15) is 27.9 Å². The third-order valence-corrected chi connectivity index (χ3v) is 6.87. The molecule has 1 aromatic heterocycles. The number of amides is 1. The van der Waals surface area contributed by atoms with Crippen molar-refractivity contribution in [3.05, 3.63) is 64.7 Å². The van der Waals surface area contributed by atoms with E-state index >= 15 is 0 Å². The summed E-state index contributed by atoms with van der Waals surface area (Å²) in [7, 11) is 0. The van der Waals surface area contributed by atoms with Crippen molar-refractivity contribution in [3.8, 4) is 10.6 Å². The van der Waals surface area contributed by atoms with Gasteiger partial charge in [-0.05, 0) is 44.2 Å². The number of anilines is 2. The van der Waals surface area contributed by atoms with Crippen molar-refractivity contribution in [1.29, 1.82) is 0 Å². The molecule has 1 aliphatic rings. The Labute approximate surface area is 182 Å². The van der Waals surface area contributed by atoms with Gasteiger partial charge < -0.3 is 15.1 Å². The van der Waals surface area contributed by atoms with E-state index in [1.54, 1.807) is 0 Å². The third kappa shape index (κ3) is 4.40. The van der Waals surface area contributed by atoms with E-state index in [2.05, 4.69) is 46.1 Å². The number of nitrogens with one attached hydrogen (secondary N) is 1. The standard InChI is InChI=1S/C24H28N4OS/c1-4-27-12-14-28(15-13-27)20-10-11-21(17(2)16-20)26-23(29)22-18(3)25-24(30-22)19-8-6-5-7-9-19/h5-11,16H,4,12-15H2,1-3H3,(H,26,29). The molecule has 2 aromatic carbocycles. The average molecular weight is 421 g/mol. The molecule has 1 saturated heterocycles. The van der Waals surface area contributed by atoms with Gasteiger partial charge in [-0.1, -0.05) is 37.3 Å². The van der Waals surface area contributed by atoms with E-state index in [9.17, 15) is 4.79 Å². The summed E-state index contributed by atoms with van der Waals surface area (Å²) >= 11 is 1.44. The van der Waals surface area contributed by atoms with Crippen LogP contribution in [0.5, 0.6) is 0 Å². The minimum atomic E-state index is -0.0976. The molecule has 0 radical (unpaired) electrons. The highest BCUT2D eigenvalue weighted by Gasteiger charge is 2.19. The first-order chi connectivity index (χ1) is 14.5. The zero-order chi connectivity index (χ0) is 21.1. The van der Waals surface area contributed by atoms with Gasteiger partial charge in [-0.2, -0.15) is 0 Å². The molecule has 4 rings (SSSR count). The van der Waals surface area contributed by atoms with Crippen LogP contribution in [0, 0.1) is 13.8 Å². The van der Waals surface area contributed by atoms with Crippen molar-refractivity contribution in [2.45, 2.75) is 20.8 Å². The SMILES string of the molecule is CCN1CCN(c2ccc(NC(=O)c3sc(-c4ccccc4)nc3C)c(C)c2)CC1. The lowest BCUT2D eigenvalue weighted by atomic mass is 10.1. The number of carbonyl (C=O) groups excluding carboxylic acids is 1. The molecule has 1 fully saturated rings. The second-order valence-corrected chi connectivity index (χ2v) is 8.67. The zero-order valence-electron chi connectivity index (χ0n) is 17.8. The minimum Gasteiger partial charge on any atom is -0.369 e. The first-order valence-corrected chi connectivity index (χ1v) is 11.3. The topological polar surface area (TPSA) is 48.5 Å². The number of thiazole rings is 1. The Bertz CT molecular complexity index is 1020. The van der Waals surface area contributed by atoms with Crippen molar-refractivity contribution in [2.75, 3.05) is 42.9 Å². The molecule has 1 N–H and O–H groups in total. The zero-order valence-corrected chi connectivity index (χ0v) is 18.6. The average Bonchev–Trinajstić information content (AvgIpc) is 3.17. The summed E-state index contributed by atoms with van der Waals surface area (Å²) in [5.74, 6) is -0.0976. The van der Waals surface area contributed by atoms with E-state index in [1.165, 1.54) is 17.0 Å². The molecule has 30 heavy (non-hydrogen) atoms. The molecule has 1 amide bonds. The molecule has 0 unspecified atom stereocenters. The van der Waals surface area contributed by atoms with Gasteiger partial charge in [-0.15, -0.1) is 11.3 Å². The number of hydrogen-bond acceptors (Lipinski definition) is 5. The molecule has 5 nitrogen and oxygen atoms in total. The van der Waals surface area contributed by atoms with Crippen LogP contribution in [0.15, 0.2) is 48.5 Å². The molecular weight excluding hydrogens is 392 g/mol. The maximum atomic E-state index is 12.9. The first kappa shape index (κ1) is 20.6. The van der Waals surface area contributed by atoms with Gasteiger partial charge in [0.2, 0.25) is 0 Å². The number of nitrogens with zero attached hydrogens (tertiary/aromatic N) is 3. The van der Waals surface area contributed by atoms with Crippen LogP contribution < -0.4 is 10.2 Å². The third-order valence-electron chi connectivity index (χ3n) is 5.67. The molecule has 0 aliphatic carbocycles. The smallest absolute Gasteiger partial charge is 0.267 e. The van der Waals surface area contributed by atoms with Gasteiger partial charge in [0.25, 0.3) is 5.91 Å². The van der Waals surface area contributed by atoms with Crippen LogP contribution in [0.2, 0.25) is 0 Å². The maximum absolute atomic E-state index is 12.9. The van der Waals surface area contributed by atoms with Crippen LogP contribution >= 0.6 is 11.3 Å². The lowest BCUT2D eigenvalue weighted by molar-refractivity contribution is 0.102. The van der Waals surface area contributed by atoms with E-state index in [4.69, 9.17) is 0 Å². The number of aryl methyl sites for hydroxylation is 2. The number of piperazine rings is 1. The molecule has 156 valence electrons. The number of likely N-dealkylation sites (N-methyl/N-ethyl adjacent to an activating group) is 1. The summed E-state index contributed by atoms with van der Waals surface area (Å²) < 4.78 is 0. The second kappa shape index (κ2) is 8.98. The number of aromatic nitrogens is 1. The molecule has 1 aliphatic heterocycles. The van der Waals surface area contributed by atoms with E-state index in [0.717, 1.165) is 60.2 Å². The predicted octanol–water partition coefficient (Wildman–Crippen LogP) is 4.82. The van der Waals surface area contributed by atoms with Crippen LogP contribution in [0.3, 0.4) is 0 Å². The Kier molecular flexibility index (Phi) is 6.16. The Morgan fingerprint density at radius 2 is 1.80 bits per heavy atom. The minimum absolute atomic E-state index is 0.0976. The molecular formula is C24H28N4OS. The summed E-state index contributed by atoms with van der Waals surface area (Å²) in [5, 5.41) is 3.95. The van der Waals surface area contributed by atoms with Gasteiger partial charge in [0.05, 0.1) is 5.69 Å². The van der Waals surface area contributed by atoms with Crippen molar-refractivity contribution >= 4 is 28.6 Å². The molecule has 0 atom stereocenters. The number of benzene rings is 2. The Morgan fingerprint density at radius 1 is 1.07 bits per heavy atom. The van der Waals surface area contributed by atoms with Crippen LogP contribution in [-0.2, 0) is 0 Å². The monoisotopic (exact) mass is 420 g/mol. The summed E-state index contributed by atoms with van der Waals surface area (Å²) in [6, 6.07) is 16.3. The van der Waals surface area contributed by atoms with Gasteiger partial charge in [-0.25, -0.2) is 4.98 Å². The molecule has 0 saturated carbocycles. The highest BCUT2D eigenvalue weighted by molar-refractivity contribution is 7.17. The fraction of sp³-hybridized carbons (Fsp3) is 0.333. The number of hydrogen-bond donors (Lipinski definition) is 1. The fourth-order valence-corrected chi connectivity index (χ4v) is 4.76. The normalized spacial score (nSPS) is 14.7. The van der Waals surface area contributed by atoms with Gasteiger partial charge >= 0.3 is 0 Å². The molecule has 2 heterocycles. The number of rotatable bonds is 5.